The van der Waals surface area contributed by atoms with Crippen LogP contribution in [0.1, 0.15) is 42.3 Å². The molecule has 0 saturated carbocycles. The molecule has 0 aliphatic carbocycles. The molecule has 0 aliphatic heterocycles. The van der Waals surface area contributed by atoms with Gasteiger partial charge in [-0.15, -0.1) is 0 Å². The monoisotopic (exact) mass is 455 g/mol. The molecule has 0 fully saturated rings. The van der Waals surface area contributed by atoms with Crippen LogP contribution in [0.2, 0.25) is 0 Å². The van der Waals surface area contributed by atoms with Gasteiger partial charge in [-0.1, -0.05) is 42.5 Å². The van der Waals surface area contributed by atoms with Crippen LogP contribution in [0.15, 0.2) is 54.6 Å². The molecule has 0 aromatic heterocycles. The average Bonchev–Trinajstić information content (AvgIpc) is 2.77. The van der Waals surface area contributed by atoms with E-state index in [0.717, 1.165) is 11.1 Å². The summed E-state index contributed by atoms with van der Waals surface area (Å²) in [6.45, 7) is 6.54. The summed E-state index contributed by atoms with van der Waals surface area (Å²) in [6, 6.07) is 15.2. The number of hydrogen-bond acceptors (Lipinski definition) is 6. The van der Waals surface area contributed by atoms with Crippen molar-refractivity contribution in [1.82, 2.24) is 16.0 Å². The number of nitrogens with one attached hydrogen (secondary N) is 3. The van der Waals surface area contributed by atoms with E-state index in [1.807, 2.05) is 30.3 Å². The van der Waals surface area contributed by atoms with Crippen molar-refractivity contribution in [2.75, 3.05) is 20.1 Å². The molecule has 3 N–H and O–H groups in total. The van der Waals surface area contributed by atoms with Crippen LogP contribution in [-0.4, -0.2) is 49.7 Å². The van der Waals surface area contributed by atoms with Crippen molar-refractivity contribution >= 4 is 18.0 Å². The lowest BCUT2D eigenvalue weighted by atomic mass is 10.0. The van der Waals surface area contributed by atoms with Gasteiger partial charge in [-0.2, -0.15) is 0 Å². The van der Waals surface area contributed by atoms with E-state index >= 15 is 0 Å². The molecule has 0 unspecified atom stereocenters. The minimum Gasteiger partial charge on any atom is -0.456 e. The topological polar surface area (TPSA) is 106 Å². The second-order valence-corrected chi connectivity index (χ2v) is 8.56. The zero-order valence-corrected chi connectivity index (χ0v) is 19.6. The molecule has 8 heteroatoms. The van der Waals surface area contributed by atoms with Crippen molar-refractivity contribution in [3.8, 4) is 0 Å². The number of esters is 1. The fourth-order valence-corrected chi connectivity index (χ4v) is 2.90. The number of likely N-dealkylation sites (N-methyl/N-ethyl adjacent to an activating group) is 1. The van der Waals surface area contributed by atoms with Crippen LogP contribution in [0, 0.1) is 0 Å². The highest BCUT2D eigenvalue weighted by Crippen LogP contribution is 2.14. The lowest BCUT2D eigenvalue weighted by Crippen LogP contribution is -2.49. The Morgan fingerprint density at radius 2 is 1.58 bits per heavy atom. The van der Waals surface area contributed by atoms with Crippen molar-refractivity contribution < 1.29 is 23.9 Å². The lowest BCUT2D eigenvalue weighted by Gasteiger charge is -2.20. The van der Waals surface area contributed by atoms with E-state index in [0.29, 0.717) is 18.7 Å². The molecule has 0 heterocycles. The van der Waals surface area contributed by atoms with Crippen LogP contribution in [0.3, 0.4) is 0 Å². The van der Waals surface area contributed by atoms with E-state index in [2.05, 4.69) is 16.0 Å². The van der Waals surface area contributed by atoms with Crippen LogP contribution >= 0.6 is 0 Å². The van der Waals surface area contributed by atoms with Crippen molar-refractivity contribution in [2.45, 2.75) is 45.4 Å². The fraction of sp³-hybridized carbons (Fsp3) is 0.400. The molecule has 8 nitrogen and oxygen atoms in total. The van der Waals surface area contributed by atoms with Crippen molar-refractivity contribution in [2.24, 2.45) is 0 Å². The number of rotatable bonds is 10. The number of carbonyl (C=O) groups is 3. The smallest absolute Gasteiger partial charge is 0.408 e. The van der Waals surface area contributed by atoms with Crippen molar-refractivity contribution in [1.29, 1.82) is 0 Å². The first-order valence-electron chi connectivity index (χ1n) is 10.9. The Hall–Kier alpha value is -3.39. The third kappa shape index (κ3) is 9.74. The van der Waals surface area contributed by atoms with Gasteiger partial charge in [0.25, 0.3) is 0 Å². The summed E-state index contributed by atoms with van der Waals surface area (Å²) in [7, 11) is 1.79. The van der Waals surface area contributed by atoms with E-state index in [4.69, 9.17) is 9.47 Å². The molecular weight excluding hydrogens is 422 g/mol. The van der Waals surface area contributed by atoms with Gasteiger partial charge in [0.05, 0.1) is 5.56 Å². The summed E-state index contributed by atoms with van der Waals surface area (Å²) in [5.41, 5.74) is 1.45. The molecule has 0 bridgehead atoms. The Morgan fingerprint density at radius 1 is 0.909 bits per heavy atom. The van der Waals surface area contributed by atoms with Gasteiger partial charge >= 0.3 is 12.1 Å². The van der Waals surface area contributed by atoms with Gasteiger partial charge in [0.2, 0.25) is 5.91 Å². The Kier molecular flexibility index (Phi) is 9.87. The number of carbonyl (C=O) groups excluding carboxylic acids is 3. The lowest BCUT2D eigenvalue weighted by molar-refractivity contribution is -0.123. The van der Waals surface area contributed by atoms with Crippen LogP contribution in [0.5, 0.6) is 0 Å². The van der Waals surface area contributed by atoms with Gasteiger partial charge in [0.1, 0.15) is 18.2 Å². The summed E-state index contributed by atoms with van der Waals surface area (Å²) in [6.07, 6.45) is -0.446. The Morgan fingerprint density at radius 3 is 2.18 bits per heavy atom. The maximum Gasteiger partial charge on any atom is 0.408 e. The molecule has 0 radical (unpaired) electrons. The predicted molar refractivity (Wildman–Crippen MR) is 126 cm³/mol. The van der Waals surface area contributed by atoms with E-state index in [1.165, 1.54) is 0 Å². The fourth-order valence-electron chi connectivity index (χ4n) is 2.90. The van der Waals surface area contributed by atoms with Crippen LogP contribution in [-0.2, 0) is 27.3 Å². The van der Waals surface area contributed by atoms with E-state index in [9.17, 15) is 14.4 Å². The molecule has 0 spiro atoms. The second kappa shape index (κ2) is 12.6. The van der Waals surface area contributed by atoms with Gasteiger partial charge in [0, 0.05) is 19.5 Å². The molecule has 2 aromatic rings. The van der Waals surface area contributed by atoms with Crippen LogP contribution in [0.25, 0.3) is 0 Å². The summed E-state index contributed by atoms with van der Waals surface area (Å²) < 4.78 is 10.6. The Labute approximate surface area is 195 Å². The minimum absolute atomic E-state index is 0.103. The molecule has 2 aromatic carbocycles. The van der Waals surface area contributed by atoms with E-state index < -0.39 is 23.7 Å². The Balaban J connectivity index is 2.02. The van der Waals surface area contributed by atoms with Crippen molar-refractivity contribution in [3.63, 3.8) is 0 Å². The largest absolute Gasteiger partial charge is 0.456 e. The number of ether oxygens (including phenoxy) is 2. The molecule has 2 amide bonds. The summed E-state index contributed by atoms with van der Waals surface area (Å²) >= 11 is 0. The van der Waals surface area contributed by atoms with Gasteiger partial charge < -0.3 is 25.4 Å². The highest BCUT2D eigenvalue weighted by Gasteiger charge is 2.23. The molecule has 33 heavy (non-hydrogen) atoms. The summed E-state index contributed by atoms with van der Waals surface area (Å²) in [4.78, 5) is 37.2. The first-order valence-corrected chi connectivity index (χ1v) is 10.9. The highest BCUT2D eigenvalue weighted by atomic mass is 16.6. The standard InChI is InChI=1S/C25H33N3O5/c1-25(2,3)33-23(30)20-12-10-18(11-13-20)16-21(22(29)27-15-14-26-4)28-24(31)32-17-19-8-6-5-7-9-19/h5-13,21,26H,14-17H2,1-4H3,(H,27,29)(H,28,31)/t21-/m0/s1. The first kappa shape index (κ1) is 25.9. The summed E-state index contributed by atoms with van der Waals surface area (Å²) in [5.74, 6) is -0.740. The zero-order valence-electron chi connectivity index (χ0n) is 19.6. The average molecular weight is 456 g/mol. The predicted octanol–water partition coefficient (Wildman–Crippen LogP) is 2.82. The summed E-state index contributed by atoms with van der Waals surface area (Å²) in [5, 5.41) is 8.39. The third-order valence-electron chi connectivity index (χ3n) is 4.52. The quantitative estimate of drug-likeness (QED) is 0.376. The number of hydrogen-bond donors (Lipinski definition) is 3. The van der Waals surface area contributed by atoms with E-state index in [-0.39, 0.29) is 18.9 Å². The maximum absolute atomic E-state index is 12.7. The minimum atomic E-state index is -0.836. The van der Waals surface area contributed by atoms with Gasteiger partial charge in [-0.25, -0.2) is 9.59 Å². The van der Waals surface area contributed by atoms with E-state index in [1.54, 1.807) is 52.1 Å². The number of amides is 2. The van der Waals surface area contributed by atoms with Crippen LogP contribution in [0.4, 0.5) is 4.79 Å². The van der Waals surface area contributed by atoms with Gasteiger partial charge in [-0.3, -0.25) is 4.79 Å². The second-order valence-electron chi connectivity index (χ2n) is 8.56. The Bertz CT molecular complexity index is 908. The van der Waals surface area contributed by atoms with Crippen molar-refractivity contribution in [3.05, 3.63) is 71.3 Å². The molecule has 2 rings (SSSR count). The van der Waals surface area contributed by atoms with Crippen LogP contribution < -0.4 is 16.0 Å². The maximum atomic E-state index is 12.7. The molecule has 178 valence electrons. The molecule has 0 saturated heterocycles. The van der Waals surface area contributed by atoms with Gasteiger partial charge in [-0.05, 0) is 51.1 Å². The molecule has 1 atom stereocenters. The first-order chi connectivity index (χ1) is 15.7. The normalized spacial score (nSPS) is 11.9. The molecular formula is C25H33N3O5. The number of alkyl carbamates (subject to hydrolysis) is 1. The third-order valence-corrected chi connectivity index (χ3v) is 4.52. The number of benzene rings is 2. The SMILES string of the molecule is CNCCNC(=O)[C@H](Cc1ccc(C(=O)OC(C)(C)C)cc1)NC(=O)OCc1ccccc1. The van der Waals surface area contributed by atoms with Gasteiger partial charge in [0.15, 0.2) is 0 Å². The zero-order chi connectivity index (χ0) is 24.3. The highest BCUT2D eigenvalue weighted by molar-refractivity contribution is 5.90. The molecule has 0 aliphatic rings.